The van der Waals surface area contributed by atoms with E-state index >= 15 is 0 Å². The van der Waals surface area contributed by atoms with E-state index in [1.54, 1.807) is 7.11 Å². The van der Waals surface area contributed by atoms with Crippen LogP contribution in [0.3, 0.4) is 0 Å². The number of hydrogen-bond donors (Lipinski definition) is 0. The molecule has 1 aliphatic heterocycles. The molecule has 2 heterocycles. The third-order valence-corrected chi connectivity index (χ3v) is 6.20. The first kappa shape index (κ1) is 20.4. The van der Waals surface area contributed by atoms with Crippen LogP contribution >= 0.6 is 0 Å². The molecule has 0 spiro atoms. The Morgan fingerprint density at radius 3 is 2.70 bits per heavy atom. The Morgan fingerprint density at radius 2 is 2.00 bits per heavy atom. The van der Waals surface area contributed by atoms with Gasteiger partial charge in [0.1, 0.15) is 11.6 Å². The van der Waals surface area contributed by atoms with Gasteiger partial charge in [-0.25, -0.2) is 4.98 Å². The van der Waals surface area contributed by atoms with E-state index in [4.69, 9.17) is 4.74 Å². The first-order chi connectivity index (χ1) is 14.4. The number of aromatic nitrogens is 2. The van der Waals surface area contributed by atoms with Crippen molar-refractivity contribution < 1.29 is 9.53 Å². The average Bonchev–Trinajstić information content (AvgIpc) is 3.36. The third-order valence-electron chi connectivity index (χ3n) is 6.20. The molecule has 0 bridgehead atoms. The van der Waals surface area contributed by atoms with E-state index in [-0.39, 0.29) is 11.9 Å². The molecule has 0 aliphatic carbocycles. The fourth-order valence-electron chi connectivity index (χ4n) is 4.38. The number of carbonyl (C=O) groups is 1. The van der Waals surface area contributed by atoms with Crippen molar-refractivity contribution in [3.8, 4) is 11.4 Å². The van der Waals surface area contributed by atoms with Gasteiger partial charge in [0, 0.05) is 38.3 Å². The van der Waals surface area contributed by atoms with Crippen LogP contribution in [0.2, 0.25) is 0 Å². The molecule has 0 N–H and O–H groups in total. The van der Waals surface area contributed by atoms with Gasteiger partial charge in [0.05, 0.1) is 29.4 Å². The first-order valence-corrected chi connectivity index (χ1v) is 10.5. The summed E-state index contributed by atoms with van der Waals surface area (Å²) in [6.07, 6.45) is 1.00. The van der Waals surface area contributed by atoms with Crippen molar-refractivity contribution in [3.05, 3.63) is 53.9 Å². The topological polar surface area (TPSA) is 50.6 Å². The van der Waals surface area contributed by atoms with Crippen LogP contribution in [0.1, 0.15) is 36.5 Å². The quantitative estimate of drug-likeness (QED) is 0.645. The minimum absolute atomic E-state index is 0.00113. The van der Waals surface area contributed by atoms with Gasteiger partial charge in [0.15, 0.2) is 0 Å². The number of likely N-dealkylation sites (N-methyl/N-ethyl adjacent to an activating group) is 1. The van der Waals surface area contributed by atoms with Gasteiger partial charge in [-0.3, -0.25) is 14.3 Å². The van der Waals surface area contributed by atoms with E-state index in [0.717, 1.165) is 42.1 Å². The highest BCUT2D eigenvalue weighted by molar-refractivity contribution is 5.97. The van der Waals surface area contributed by atoms with Crippen LogP contribution in [0.5, 0.6) is 5.75 Å². The van der Waals surface area contributed by atoms with Gasteiger partial charge in [-0.2, -0.15) is 0 Å². The van der Waals surface area contributed by atoms with Crippen molar-refractivity contribution in [1.82, 2.24) is 19.4 Å². The van der Waals surface area contributed by atoms with Crippen LogP contribution < -0.4 is 4.74 Å². The van der Waals surface area contributed by atoms with E-state index in [1.165, 1.54) is 0 Å². The van der Waals surface area contributed by atoms with Gasteiger partial charge in [-0.05, 0) is 51.5 Å². The van der Waals surface area contributed by atoms with Gasteiger partial charge in [0.25, 0.3) is 5.91 Å². The number of rotatable bonds is 5. The Balaban J connectivity index is 1.64. The van der Waals surface area contributed by atoms with Gasteiger partial charge in [0.2, 0.25) is 0 Å². The molecular formula is C24H30N4O2. The van der Waals surface area contributed by atoms with E-state index in [2.05, 4.69) is 34.4 Å². The zero-order valence-corrected chi connectivity index (χ0v) is 18.4. The number of methoxy groups -OCH3 is 1. The highest BCUT2D eigenvalue weighted by atomic mass is 16.5. The Hall–Kier alpha value is -2.86. The molecule has 0 saturated carbocycles. The monoisotopic (exact) mass is 406 g/mol. The molecule has 158 valence electrons. The lowest BCUT2D eigenvalue weighted by Gasteiger charge is -2.27. The van der Waals surface area contributed by atoms with Crippen LogP contribution in [0, 0.1) is 6.92 Å². The van der Waals surface area contributed by atoms with Gasteiger partial charge in [-0.1, -0.05) is 12.1 Å². The number of para-hydroxylation sites is 2. The van der Waals surface area contributed by atoms with Crippen molar-refractivity contribution in [2.75, 3.05) is 27.2 Å². The molecule has 0 unspecified atom stereocenters. The number of likely N-dealkylation sites (tertiary alicyclic amines) is 1. The van der Waals surface area contributed by atoms with Gasteiger partial charge in [-0.15, -0.1) is 0 Å². The number of imidazole rings is 1. The molecule has 1 saturated heterocycles. The predicted octanol–water partition coefficient (Wildman–Crippen LogP) is 3.90. The molecule has 2 aromatic carbocycles. The number of amides is 1. The predicted molar refractivity (Wildman–Crippen MR) is 120 cm³/mol. The number of nitrogens with zero attached hydrogens (tertiary/aromatic N) is 4. The third kappa shape index (κ3) is 3.56. The summed E-state index contributed by atoms with van der Waals surface area (Å²) in [6, 6.07) is 14.5. The fourth-order valence-corrected chi connectivity index (χ4v) is 4.38. The molecule has 30 heavy (non-hydrogen) atoms. The molecule has 1 fully saturated rings. The molecular weight excluding hydrogens is 376 g/mol. The molecule has 1 aliphatic rings. The Labute approximate surface area is 178 Å². The fraction of sp³-hybridized carbons (Fsp3) is 0.417. The van der Waals surface area contributed by atoms with Crippen LogP contribution in [-0.4, -0.2) is 64.6 Å². The molecule has 6 nitrogen and oxygen atoms in total. The zero-order valence-electron chi connectivity index (χ0n) is 18.4. The molecule has 3 aromatic rings. The van der Waals surface area contributed by atoms with E-state index in [0.29, 0.717) is 17.4 Å². The maximum atomic E-state index is 13.3. The van der Waals surface area contributed by atoms with Gasteiger partial charge < -0.3 is 9.64 Å². The number of carbonyl (C=O) groups excluding carboxylic acids is 1. The summed E-state index contributed by atoms with van der Waals surface area (Å²) >= 11 is 0. The Kier molecular flexibility index (Phi) is 5.52. The second kappa shape index (κ2) is 8.11. The van der Waals surface area contributed by atoms with E-state index in [9.17, 15) is 4.79 Å². The number of ether oxygens (including phenoxy) is 1. The first-order valence-electron chi connectivity index (χ1n) is 10.5. The van der Waals surface area contributed by atoms with Crippen LogP contribution in [0.15, 0.2) is 42.5 Å². The smallest absolute Gasteiger partial charge is 0.257 e. The lowest BCUT2D eigenvalue weighted by atomic mass is 10.1. The summed E-state index contributed by atoms with van der Waals surface area (Å²) in [5.41, 5.74) is 3.51. The largest absolute Gasteiger partial charge is 0.496 e. The van der Waals surface area contributed by atoms with E-state index < -0.39 is 0 Å². The summed E-state index contributed by atoms with van der Waals surface area (Å²) in [6.45, 7) is 8.34. The second-order valence-electron chi connectivity index (χ2n) is 8.31. The molecule has 1 atom stereocenters. The average molecular weight is 407 g/mol. The standard InChI is InChI=1S/C24H30N4O2/c1-16(2)27-13-12-19(15-27)26(4)24(29)20-11-10-18(14-23(20)30-5)28-17(3)25-21-8-6-7-9-22(21)28/h6-11,14,16,19H,12-13,15H2,1-5H3/t19-/m1/s1. The highest BCUT2D eigenvalue weighted by Crippen LogP contribution is 2.28. The molecule has 1 amide bonds. The Bertz CT molecular complexity index is 1070. The zero-order chi connectivity index (χ0) is 21.4. The number of aryl methyl sites for hydroxylation is 1. The minimum Gasteiger partial charge on any atom is -0.496 e. The molecule has 6 heteroatoms. The minimum atomic E-state index is 0.00113. The summed E-state index contributed by atoms with van der Waals surface area (Å²) in [5.74, 6) is 1.48. The molecule has 1 aromatic heterocycles. The second-order valence-corrected chi connectivity index (χ2v) is 8.31. The SMILES string of the molecule is COc1cc(-n2c(C)nc3ccccc32)ccc1C(=O)N(C)[C@@H]1CCN(C(C)C)C1. The van der Waals surface area contributed by atoms with Crippen LogP contribution in [0.25, 0.3) is 16.7 Å². The lowest BCUT2D eigenvalue weighted by Crippen LogP contribution is -2.40. The van der Waals surface area contributed by atoms with Crippen molar-refractivity contribution in [3.63, 3.8) is 0 Å². The van der Waals surface area contributed by atoms with Gasteiger partial charge >= 0.3 is 0 Å². The lowest BCUT2D eigenvalue weighted by molar-refractivity contribution is 0.0729. The maximum absolute atomic E-state index is 13.3. The number of fused-ring (bicyclic) bond motifs is 1. The van der Waals surface area contributed by atoms with Crippen LogP contribution in [-0.2, 0) is 0 Å². The number of benzene rings is 2. The maximum Gasteiger partial charge on any atom is 0.257 e. The summed E-state index contributed by atoms with van der Waals surface area (Å²) < 4.78 is 7.73. The van der Waals surface area contributed by atoms with Crippen molar-refractivity contribution in [2.45, 2.75) is 39.3 Å². The summed E-state index contributed by atoms with van der Waals surface area (Å²) in [5, 5.41) is 0. The summed E-state index contributed by atoms with van der Waals surface area (Å²) in [4.78, 5) is 22.2. The normalized spacial score (nSPS) is 17.1. The van der Waals surface area contributed by atoms with Crippen molar-refractivity contribution in [1.29, 1.82) is 0 Å². The highest BCUT2D eigenvalue weighted by Gasteiger charge is 2.31. The molecule has 4 rings (SSSR count). The molecule has 0 radical (unpaired) electrons. The van der Waals surface area contributed by atoms with E-state index in [1.807, 2.05) is 55.3 Å². The number of hydrogen-bond acceptors (Lipinski definition) is 4. The Morgan fingerprint density at radius 1 is 1.23 bits per heavy atom. The van der Waals surface area contributed by atoms with Crippen molar-refractivity contribution in [2.24, 2.45) is 0 Å². The van der Waals surface area contributed by atoms with Crippen molar-refractivity contribution >= 4 is 16.9 Å². The van der Waals surface area contributed by atoms with Crippen LogP contribution in [0.4, 0.5) is 0 Å². The summed E-state index contributed by atoms with van der Waals surface area (Å²) in [7, 11) is 3.52.